The van der Waals surface area contributed by atoms with Gasteiger partial charge in [0.25, 0.3) is 0 Å². The lowest BCUT2D eigenvalue weighted by Crippen LogP contribution is -2.33. The summed E-state index contributed by atoms with van der Waals surface area (Å²) < 4.78 is 0. The summed E-state index contributed by atoms with van der Waals surface area (Å²) in [6.07, 6.45) is 2.22. The molecule has 0 saturated heterocycles. The van der Waals surface area contributed by atoms with Gasteiger partial charge in [-0.1, -0.05) is 50.3 Å². The molecular formula is C16H24O2. The smallest absolute Gasteiger partial charge is 0.0650 e. The number of hydrogen-bond donors (Lipinski definition) is 2. The molecule has 1 rings (SSSR count). The SMILES string of the molecule is C=C[C@H](C)[C@H](O)[C@H](C)[C@@H](O)CCc1ccccc1. The predicted octanol–water partition coefficient (Wildman–Crippen LogP) is 2.80. The average molecular weight is 248 g/mol. The molecule has 0 aromatic heterocycles. The Morgan fingerprint density at radius 1 is 1.17 bits per heavy atom. The van der Waals surface area contributed by atoms with Crippen molar-refractivity contribution in [2.45, 2.75) is 38.9 Å². The molecule has 2 nitrogen and oxygen atoms in total. The van der Waals surface area contributed by atoms with Gasteiger partial charge < -0.3 is 10.2 Å². The molecular weight excluding hydrogens is 224 g/mol. The Morgan fingerprint density at radius 3 is 2.33 bits per heavy atom. The maximum absolute atomic E-state index is 10.1. The zero-order valence-electron chi connectivity index (χ0n) is 11.3. The monoisotopic (exact) mass is 248 g/mol. The first-order chi connectivity index (χ1) is 8.56. The predicted molar refractivity (Wildman–Crippen MR) is 75.3 cm³/mol. The van der Waals surface area contributed by atoms with E-state index in [-0.39, 0.29) is 11.8 Å². The highest BCUT2D eigenvalue weighted by atomic mass is 16.3. The maximum atomic E-state index is 10.1. The Kier molecular flexibility index (Phi) is 6.10. The van der Waals surface area contributed by atoms with Crippen molar-refractivity contribution in [1.29, 1.82) is 0 Å². The summed E-state index contributed by atoms with van der Waals surface area (Å²) in [5.41, 5.74) is 1.22. The lowest BCUT2D eigenvalue weighted by Gasteiger charge is -2.27. The van der Waals surface area contributed by atoms with E-state index in [1.165, 1.54) is 5.56 Å². The van der Waals surface area contributed by atoms with Crippen LogP contribution in [0, 0.1) is 11.8 Å². The Bertz CT molecular complexity index is 347. The Morgan fingerprint density at radius 2 is 1.78 bits per heavy atom. The van der Waals surface area contributed by atoms with Crippen LogP contribution in [0.25, 0.3) is 0 Å². The Labute approximate surface area is 110 Å². The van der Waals surface area contributed by atoms with Gasteiger partial charge in [-0.2, -0.15) is 0 Å². The quantitative estimate of drug-likeness (QED) is 0.728. The second kappa shape index (κ2) is 7.34. The second-order valence-corrected chi connectivity index (χ2v) is 5.04. The molecule has 0 fully saturated rings. The van der Waals surface area contributed by atoms with E-state index in [1.807, 2.05) is 32.0 Å². The molecule has 4 atom stereocenters. The van der Waals surface area contributed by atoms with Gasteiger partial charge in [0, 0.05) is 11.8 Å². The zero-order valence-corrected chi connectivity index (χ0v) is 11.3. The summed E-state index contributed by atoms with van der Waals surface area (Å²) in [6, 6.07) is 10.1. The minimum Gasteiger partial charge on any atom is -0.393 e. The van der Waals surface area contributed by atoms with Crippen molar-refractivity contribution >= 4 is 0 Å². The maximum Gasteiger partial charge on any atom is 0.0650 e. The summed E-state index contributed by atoms with van der Waals surface area (Å²) in [5.74, 6) is -0.131. The molecule has 1 aromatic carbocycles. The van der Waals surface area contributed by atoms with Crippen molar-refractivity contribution in [2.75, 3.05) is 0 Å². The van der Waals surface area contributed by atoms with Crippen LogP contribution in [0.2, 0.25) is 0 Å². The third-order valence-corrected chi connectivity index (χ3v) is 3.63. The van der Waals surface area contributed by atoms with Crippen LogP contribution in [-0.2, 0) is 6.42 Å². The second-order valence-electron chi connectivity index (χ2n) is 5.04. The van der Waals surface area contributed by atoms with Crippen molar-refractivity contribution < 1.29 is 10.2 Å². The van der Waals surface area contributed by atoms with Crippen LogP contribution in [0.3, 0.4) is 0 Å². The normalized spacial score (nSPS) is 17.8. The number of rotatable bonds is 7. The van der Waals surface area contributed by atoms with Crippen molar-refractivity contribution in [3.63, 3.8) is 0 Å². The molecule has 100 valence electrons. The fourth-order valence-corrected chi connectivity index (χ4v) is 2.07. The van der Waals surface area contributed by atoms with Crippen molar-refractivity contribution in [2.24, 2.45) is 11.8 Å². The molecule has 2 heteroatoms. The topological polar surface area (TPSA) is 40.5 Å². The van der Waals surface area contributed by atoms with Crippen molar-refractivity contribution in [3.05, 3.63) is 48.6 Å². The minimum atomic E-state index is -0.534. The first-order valence-electron chi connectivity index (χ1n) is 6.59. The highest BCUT2D eigenvalue weighted by Gasteiger charge is 2.25. The average Bonchev–Trinajstić information content (AvgIpc) is 2.43. The van der Waals surface area contributed by atoms with Crippen LogP contribution in [0.4, 0.5) is 0 Å². The largest absolute Gasteiger partial charge is 0.393 e. The van der Waals surface area contributed by atoms with Gasteiger partial charge in [0.15, 0.2) is 0 Å². The lowest BCUT2D eigenvalue weighted by atomic mass is 9.87. The molecule has 2 N–H and O–H groups in total. The summed E-state index contributed by atoms with van der Waals surface area (Å²) in [5, 5.41) is 20.1. The van der Waals surface area contributed by atoms with E-state index in [1.54, 1.807) is 6.08 Å². The molecule has 0 unspecified atom stereocenters. The third-order valence-electron chi connectivity index (χ3n) is 3.63. The highest BCUT2D eigenvalue weighted by Crippen LogP contribution is 2.20. The molecule has 0 heterocycles. The lowest BCUT2D eigenvalue weighted by molar-refractivity contribution is 0.000831. The summed E-state index contributed by atoms with van der Waals surface area (Å²) in [7, 11) is 0. The van der Waals surface area contributed by atoms with E-state index in [2.05, 4.69) is 18.7 Å². The number of aryl methyl sites for hydroxylation is 1. The van der Waals surface area contributed by atoms with E-state index in [0.717, 1.165) is 6.42 Å². The van der Waals surface area contributed by atoms with Gasteiger partial charge in [0.1, 0.15) is 0 Å². The molecule has 0 bridgehead atoms. The third kappa shape index (κ3) is 4.28. The number of aliphatic hydroxyl groups excluding tert-OH is 2. The molecule has 0 radical (unpaired) electrons. The molecule has 0 saturated carbocycles. The van der Waals surface area contributed by atoms with Crippen LogP contribution in [0.1, 0.15) is 25.8 Å². The minimum absolute atomic E-state index is 0.00590. The standard InChI is InChI=1S/C16H24O2/c1-4-12(2)16(18)13(3)15(17)11-10-14-8-6-5-7-9-14/h4-9,12-13,15-18H,1,10-11H2,2-3H3/t12-,13+,15-,16-/m0/s1. The molecule has 0 aliphatic rings. The van der Waals surface area contributed by atoms with Crippen LogP contribution in [0.15, 0.2) is 43.0 Å². The highest BCUT2D eigenvalue weighted by molar-refractivity contribution is 5.14. The van der Waals surface area contributed by atoms with Crippen molar-refractivity contribution in [3.8, 4) is 0 Å². The van der Waals surface area contributed by atoms with Crippen LogP contribution in [-0.4, -0.2) is 22.4 Å². The van der Waals surface area contributed by atoms with E-state index in [9.17, 15) is 10.2 Å². The molecule has 18 heavy (non-hydrogen) atoms. The van der Waals surface area contributed by atoms with Crippen LogP contribution < -0.4 is 0 Å². The molecule has 0 spiro atoms. The van der Waals surface area contributed by atoms with Gasteiger partial charge >= 0.3 is 0 Å². The summed E-state index contributed by atoms with van der Waals surface area (Å²) in [4.78, 5) is 0. The van der Waals surface area contributed by atoms with Gasteiger partial charge in [-0.3, -0.25) is 0 Å². The molecule has 0 aliphatic heterocycles. The first kappa shape index (κ1) is 14.9. The number of hydrogen-bond acceptors (Lipinski definition) is 2. The van der Waals surface area contributed by atoms with Gasteiger partial charge in [0.2, 0.25) is 0 Å². The molecule has 0 amide bonds. The molecule has 0 aliphatic carbocycles. The fraction of sp³-hybridized carbons (Fsp3) is 0.500. The van der Waals surface area contributed by atoms with E-state index >= 15 is 0 Å². The van der Waals surface area contributed by atoms with Gasteiger partial charge in [-0.05, 0) is 18.4 Å². The van der Waals surface area contributed by atoms with Crippen LogP contribution in [0.5, 0.6) is 0 Å². The Balaban J connectivity index is 2.45. The number of aliphatic hydroxyl groups is 2. The van der Waals surface area contributed by atoms with Gasteiger partial charge in [-0.25, -0.2) is 0 Å². The fourth-order valence-electron chi connectivity index (χ4n) is 2.07. The van der Waals surface area contributed by atoms with Crippen LogP contribution >= 0.6 is 0 Å². The van der Waals surface area contributed by atoms with E-state index in [0.29, 0.717) is 6.42 Å². The zero-order chi connectivity index (χ0) is 13.5. The Hall–Kier alpha value is -1.12. The van der Waals surface area contributed by atoms with E-state index in [4.69, 9.17) is 0 Å². The van der Waals surface area contributed by atoms with Crippen molar-refractivity contribution in [1.82, 2.24) is 0 Å². The van der Waals surface area contributed by atoms with Gasteiger partial charge in [0.05, 0.1) is 12.2 Å². The summed E-state index contributed by atoms with van der Waals surface area (Å²) >= 11 is 0. The molecule has 1 aromatic rings. The summed E-state index contributed by atoms with van der Waals surface area (Å²) in [6.45, 7) is 7.48. The van der Waals surface area contributed by atoms with Gasteiger partial charge in [-0.15, -0.1) is 6.58 Å². The number of benzene rings is 1. The van der Waals surface area contributed by atoms with E-state index < -0.39 is 12.2 Å². The first-order valence-corrected chi connectivity index (χ1v) is 6.59.